The Bertz CT molecular complexity index is 1110. The van der Waals surface area contributed by atoms with Gasteiger partial charge in [0.05, 0.1) is 5.92 Å². The number of esters is 2. The van der Waals surface area contributed by atoms with Crippen LogP contribution in [0.3, 0.4) is 0 Å². The highest BCUT2D eigenvalue weighted by Gasteiger charge is 2.38. The molecular formula is C25H21Cl2NO4. The van der Waals surface area contributed by atoms with Crippen LogP contribution in [0, 0.1) is 0 Å². The van der Waals surface area contributed by atoms with Gasteiger partial charge in [0.15, 0.2) is 0 Å². The summed E-state index contributed by atoms with van der Waals surface area (Å²) in [5.41, 5.74) is 2.84. The molecule has 0 unspecified atom stereocenters. The van der Waals surface area contributed by atoms with Gasteiger partial charge in [-0.25, -0.2) is 4.79 Å². The molecule has 32 heavy (non-hydrogen) atoms. The van der Waals surface area contributed by atoms with Crippen molar-refractivity contribution in [3.05, 3.63) is 99.5 Å². The van der Waals surface area contributed by atoms with Gasteiger partial charge in [-0.15, -0.1) is 0 Å². The molecule has 1 aliphatic heterocycles. The van der Waals surface area contributed by atoms with Gasteiger partial charge in [-0.1, -0.05) is 83.9 Å². The first-order chi connectivity index (χ1) is 15.5. The van der Waals surface area contributed by atoms with Crippen molar-refractivity contribution in [2.24, 2.45) is 0 Å². The summed E-state index contributed by atoms with van der Waals surface area (Å²) in [6.07, 6.45) is 0.162. The molecule has 0 fully saturated rings. The maximum atomic E-state index is 13.0. The minimum Gasteiger partial charge on any atom is -0.460 e. The molecule has 5 nitrogen and oxygen atoms in total. The number of carbonyl (C=O) groups is 2. The number of nitrogens with one attached hydrogen (secondary N) is 1. The number of halogens is 2. The lowest BCUT2D eigenvalue weighted by Gasteiger charge is -2.31. The number of hydrogen-bond acceptors (Lipinski definition) is 5. The first kappa shape index (κ1) is 22.2. The van der Waals surface area contributed by atoms with Gasteiger partial charge in [-0.2, -0.15) is 0 Å². The molecule has 0 bridgehead atoms. The Morgan fingerprint density at radius 2 is 1.41 bits per heavy atom. The smallest absolute Gasteiger partial charge is 0.328 e. The summed E-state index contributed by atoms with van der Waals surface area (Å²) < 4.78 is 11.0. The van der Waals surface area contributed by atoms with Crippen molar-refractivity contribution in [3.63, 3.8) is 0 Å². The molecular weight excluding hydrogens is 449 g/mol. The van der Waals surface area contributed by atoms with Crippen LogP contribution in [0.2, 0.25) is 10.0 Å². The highest BCUT2D eigenvalue weighted by Crippen LogP contribution is 2.42. The number of benzene rings is 3. The summed E-state index contributed by atoms with van der Waals surface area (Å²) in [4.78, 5) is 25.8. The van der Waals surface area contributed by atoms with E-state index in [-0.39, 0.29) is 19.6 Å². The van der Waals surface area contributed by atoms with Crippen molar-refractivity contribution >= 4 is 40.8 Å². The molecule has 164 valence electrons. The van der Waals surface area contributed by atoms with Gasteiger partial charge < -0.3 is 14.8 Å². The summed E-state index contributed by atoms with van der Waals surface area (Å²) in [7, 11) is 0. The van der Waals surface area contributed by atoms with Crippen molar-refractivity contribution in [2.75, 3.05) is 5.32 Å². The van der Waals surface area contributed by atoms with Crippen molar-refractivity contribution in [1.82, 2.24) is 0 Å². The van der Waals surface area contributed by atoms with Gasteiger partial charge in [-0.3, -0.25) is 4.79 Å². The molecule has 1 N–H and O–H groups in total. The summed E-state index contributed by atoms with van der Waals surface area (Å²) in [5, 5.41) is 3.87. The molecule has 1 heterocycles. The molecule has 0 aliphatic carbocycles. The highest BCUT2D eigenvalue weighted by molar-refractivity contribution is 6.36. The molecule has 0 amide bonds. The monoisotopic (exact) mass is 469 g/mol. The fourth-order valence-electron chi connectivity index (χ4n) is 3.69. The minimum atomic E-state index is -0.741. The molecule has 0 radical (unpaired) electrons. The standard InChI is InChI=1S/C25H21Cl2NO4/c26-18-11-20(27)23-19(24(29)31-14-16-7-3-1-4-8-16)13-22(28-21(23)12-18)25(30)32-15-17-9-5-2-6-10-17/h1-12,19,22,28H,13-15H2/t19-,22-/m1/s1. The zero-order valence-electron chi connectivity index (χ0n) is 17.1. The molecule has 0 saturated carbocycles. The number of fused-ring (bicyclic) bond motifs is 1. The van der Waals surface area contributed by atoms with Crippen LogP contribution in [0.25, 0.3) is 0 Å². The predicted molar refractivity (Wildman–Crippen MR) is 124 cm³/mol. The van der Waals surface area contributed by atoms with Gasteiger partial charge in [0, 0.05) is 21.3 Å². The van der Waals surface area contributed by atoms with E-state index >= 15 is 0 Å². The quantitative estimate of drug-likeness (QED) is 0.465. The van der Waals surface area contributed by atoms with E-state index < -0.39 is 23.9 Å². The molecule has 0 saturated heterocycles. The van der Waals surface area contributed by atoms with Crippen LogP contribution < -0.4 is 5.32 Å². The van der Waals surface area contributed by atoms with Gasteiger partial charge in [0.2, 0.25) is 0 Å². The minimum absolute atomic E-state index is 0.132. The lowest BCUT2D eigenvalue weighted by atomic mass is 9.86. The first-order valence-corrected chi connectivity index (χ1v) is 10.9. The van der Waals surface area contributed by atoms with Crippen LogP contribution >= 0.6 is 23.2 Å². The third-order valence-electron chi connectivity index (χ3n) is 5.26. The Morgan fingerprint density at radius 3 is 2.00 bits per heavy atom. The number of carbonyl (C=O) groups excluding carboxylic acids is 2. The van der Waals surface area contributed by atoms with Crippen molar-refractivity contribution < 1.29 is 19.1 Å². The third-order valence-corrected chi connectivity index (χ3v) is 5.79. The molecule has 2 atom stereocenters. The van der Waals surface area contributed by atoms with Crippen LogP contribution in [0.15, 0.2) is 72.8 Å². The number of anilines is 1. The van der Waals surface area contributed by atoms with Gasteiger partial charge in [0.25, 0.3) is 0 Å². The van der Waals surface area contributed by atoms with E-state index in [2.05, 4.69) is 5.32 Å². The molecule has 3 aromatic rings. The van der Waals surface area contributed by atoms with Gasteiger partial charge in [-0.05, 0) is 29.7 Å². The maximum absolute atomic E-state index is 13.0. The second kappa shape index (κ2) is 10.1. The summed E-state index contributed by atoms with van der Waals surface area (Å²) in [6.45, 7) is 0.275. The Kier molecular flexibility index (Phi) is 6.98. The normalized spacial score (nSPS) is 17.1. The topological polar surface area (TPSA) is 64.6 Å². The van der Waals surface area contributed by atoms with Crippen LogP contribution in [0.5, 0.6) is 0 Å². The zero-order valence-corrected chi connectivity index (χ0v) is 18.6. The van der Waals surface area contributed by atoms with Crippen molar-refractivity contribution in [1.29, 1.82) is 0 Å². The van der Waals surface area contributed by atoms with E-state index in [0.717, 1.165) is 11.1 Å². The largest absolute Gasteiger partial charge is 0.460 e. The van der Waals surface area contributed by atoms with Gasteiger partial charge >= 0.3 is 11.9 Å². The number of rotatable bonds is 6. The fraction of sp³-hybridized carbons (Fsp3) is 0.200. The van der Waals surface area contributed by atoms with Crippen LogP contribution in [-0.4, -0.2) is 18.0 Å². The average Bonchev–Trinajstić information content (AvgIpc) is 2.81. The van der Waals surface area contributed by atoms with E-state index in [0.29, 0.717) is 21.3 Å². The molecule has 3 aromatic carbocycles. The third kappa shape index (κ3) is 5.23. The molecule has 0 spiro atoms. The Morgan fingerprint density at radius 1 is 0.844 bits per heavy atom. The van der Waals surface area contributed by atoms with Crippen LogP contribution in [0.4, 0.5) is 5.69 Å². The van der Waals surface area contributed by atoms with Gasteiger partial charge in [0.1, 0.15) is 19.3 Å². The lowest BCUT2D eigenvalue weighted by molar-refractivity contribution is -0.149. The lowest BCUT2D eigenvalue weighted by Crippen LogP contribution is -2.39. The Labute approximate surface area is 196 Å². The van der Waals surface area contributed by atoms with Crippen molar-refractivity contribution in [3.8, 4) is 0 Å². The molecule has 4 rings (SSSR count). The average molecular weight is 470 g/mol. The number of ether oxygens (including phenoxy) is 2. The zero-order chi connectivity index (χ0) is 22.5. The highest BCUT2D eigenvalue weighted by atomic mass is 35.5. The second-order valence-corrected chi connectivity index (χ2v) is 8.36. The van der Waals surface area contributed by atoms with Crippen LogP contribution in [-0.2, 0) is 32.3 Å². The SMILES string of the molecule is O=C(OCc1ccccc1)[C@H]1C[C@@H](C(=O)OCc2ccccc2)c2c(Cl)cc(Cl)cc2N1. The predicted octanol–water partition coefficient (Wildman–Crippen LogP) is 5.75. The summed E-state index contributed by atoms with van der Waals surface area (Å²) in [5.74, 6) is -1.65. The summed E-state index contributed by atoms with van der Waals surface area (Å²) in [6, 6.07) is 21.3. The second-order valence-electron chi connectivity index (χ2n) is 7.52. The van der Waals surface area contributed by atoms with E-state index in [1.165, 1.54) is 0 Å². The van der Waals surface area contributed by atoms with Crippen LogP contribution in [0.1, 0.15) is 29.0 Å². The summed E-state index contributed by atoms with van der Waals surface area (Å²) >= 11 is 12.6. The maximum Gasteiger partial charge on any atom is 0.328 e. The molecule has 0 aromatic heterocycles. The van der Waals surface area contributed by atoms with E-state index in [1.54, 1.807) is 12.1 Å². The molecule has 7 heteroatoms. The van der Waals surface area contributed by atoms with E-state index in [4.69, 9.17) is 32.7 Å². The van der Waals surface area contributed by atoms with E-state index in [9.17, 15) is 9.59 Å². The Balaban J connectivity index is 1.52. The fourth-order valence-corrected chi connectivity index (χ4v) is 4.31. The molecule has 1 aliphatic rings. The first-order valence-electron chi connectivity index (χ1n) is 10.2. The van der Waals surface area contributed by atoms with Crippen molar-refractivity contribution in [2.45, 2.75) is 31.6 Å². The Hall–Kier alpha value is -3.02. The van der Waals surface area contributed by atoms with E-state index in [1.807, 2.05) is 60.7 Å². The number of hydrogen-bond donors (Lipinski definition) is 1.